The van der Waals surface area contributed by atoms with Crippen LogP contribution in [-0.2, 0) is 16.0 Å². The highest BCUT2D eigenvalue weighted by atomic mass is 16.2. The van der Waals surface area contributed by atoms with Gasteiger partial charge in [-0.2, -0.15) is 0 Å². The van der Waals surface area contributed by atoms with E-state index in [4.69, 9.17) is 0 Å². The summed E-state index contributed by atoms with van der Waals surface area (Å²) in [6.07, 6.45) is 1.15. The third kappa shape index (κ3) is 4.26. The molecule has 1 amide bonds. The molecule has 0 aliphatic rings. The zero-order chi connectivity index (χ0) is 12.0. The predicted octanol–water partition coefficient (Wildman–Crippen LogP) is 1.63. The lowest BCUT2D eigenvalue weighted by molar-refractivity contribution is -0.124. The molecule has 1 N–H and O–H groups in total. The number of carbonyl (C=O) groups excluding carboxylic acids is 2. The number of amides is 1. The van der Waals surface area contributed by atoms with Crippen LogP contribution < -0.4 is 5.32 Å². The highest BCUT2D eigenvalue weighted by molar-refractivity contribution is 5.84. The molecule has 0 unspecified atom stereocenters. The van der Waals surface area contributed by atoms with E-state index in [1.165, 1.54) is 18.1 Å². The van der Waals surface area contributed by atoms with Gasteiger partial charge < -0.3 is 5.32 Å². The summed E-state index contributed by atoms with van der Waals surface area (Å²) in [7, 11) is 0. The smallest absolute Gasteiger partial charge is 0.220 e. The number of benzene rings is 1. The van der Waals surface area contributed by atoms with Gasteiger partial charge in [0.05, 0.1) is 6.54 Å². The zero-order valence-electron chi connectivity index (χ0n) is 9.75. The number of hydrogen-bond donors (Lipinski definition) is 1. The fraction of sp³-hybridized carbons (Fsp3) is 0.385. The van der Waals surface area contributed by atoms with Gasteiger partial charge in [-0.15, -0.1) is 0 Å². The second kappa shape index (κ2) is 6.05. The maximum atomic E-state index is 11.4. The molecule has 3 nitrogen and oxygen atoms in total. The van der Waals surface area contributed by atoms with Crippen molar-refractivity contribution < 1.29 is 9.59 Å². The maximum absolute atomic E-state index is 11.4. The van der Waals surface area contributed by atoms with Crippen molar-refractivity contribution in [1.82, 2.24) is 5.32 Å². The van der Waals surface area contributed by atoms with Crippen LogP contribution in [0, 0.1) is 6.92 Å². The fourth-order valence-corrected chi connectivity index (χ4v) is 1.45. The third-order valence-electron chi connectivity index (χ3n) is 2.42. The van der Waals surface area contributed by atoms with Gasteiger partial charge in [0.2, 0.25) is 5.91 Å². The van der Waals surface area contributed by atoms with Crippen LogP contribution in [0.25, 0.3) is 0 Å². The minimum absolute atomic E-state index is 0.0239. The average Bonchev–Trinajstić information content (AvgIpc) is 2.25. The van der Waals surface area contributed by atoms with Crippen LogP contribution in [0.5, 0.6) is 0 Å². The van der Waals surface area contributed by atoms with Gasteiger partial charge in [0.1, 0.15) is 5.78 Å². The second-order valence-electron chi connectivity index (χ2n) is 3.91. The maximum Gasteiger partial charge on any atom is 0.220 e. The fourth-order valence-electron chi connectivity index (χ4n) is 1.45. The van der Waals surface area contributed by atoms with Gasteiger partial charge in [0, 0.05) is 6.42 Å². The molecular weight excluding hydrogens is 202 g/mol. The highest BCUT2D eigenvalue weighted by Gasteiger charge is 2.04. The Morgan fingerprint density at radius 3 is 2.56 bits per heavy atom. The monoisotopic (exact) mass is 219 g/mol. The quantitative estimate of drug-likeness (QED) is 0.818. The largest absolute Gasteiger partial charge is 0.349 e. The summed E-state index contributed by atoms with van der Waals surface area (Å²) in [5, 5.41) is 2.58. The van der Waals surface area contributed by atoms with E-state index in [0.29, 0.717) is 6.42 Å². The summed E-state index contributed by atoms with van der Waals surface area (Å²) in [6, 6.07) is 8.00. The Bertz CT molecular complexity index is 385. The number of rotatable bonds is 5. The van der Waals surface area contributed by atoms with Crippen molar-refractivity contribution in [3.05, 3.63) is 35.4 Å². The number of carbonyl (C=O) groups is 2. The van der Waals surface area contributed by atoms with Crippen molar-refractivity contribution in [3.63, 3.8) is 0 Å². The lowest BCUT2D eigenvalue weighted by Gasteiger charge is -2.05. The summed E-state index contributed by atoms with van der Waals surface area (Å²) >= 11 is 0. The van der Waals surface area contributed by atoms with Crippen LogP contribution in [0.1, 0.15) is 24.5 Å². The van der Waals surface area contributed by atoms with E-state index >= 15 is 0 Å². The van der Waals surface area contributed by atoms with Gasteiger partial charge in [-0.25, -0.2) is 0 Å². The third-order valence-corrected chi connectivity index (χ3v) is 2.42. The molecule has 0 fully saturated rings. The Labute approximate surface area is 95.9 Å². The molecule has 0 aliphatic carbocycles. The Balaban J connectivity index is 2.37. The average molecular weight is 219 g/mol. The first kappa shape index (κ1) is 12.4. The lowest BCUT2D eigenvalue weighted by Crippen LogP contribution is -2.28. The minimum Gasteiger partial charge on any atom is -0.349 e. The SMILES string of the molecule is CC(=O)CNC(=O)CCc1ccccc1C. The predicted molar refractivity (Wildman–Crippen MR) is 63.2 cm³/mol. The highest BCUT2D eigenvalue weighted by Crippen LogP contribution is 2.09. The normalized spacial score (nSPS) is 9.88. The number of nitrogens with one attached hydrogen (secondary N) is 1. The molecule has 16 heavy (non-hydrogen) atoms. The summed E-state index contributed by atoms with van der Waals surface area (Å²) in [5.74, 6) is -0.0947. The van der Waals surface area contributed by atoms with Crippen LogP contribution in [0.2, 0.25) is 0 Å². The first-order chi connectivity index (χ1) is 7.59. The number of aryl methyl sites for hydroxylation is 2. The molecule has 0 atom stereocenters. The molecule has 0 saturated heterocycles. The number of hydrogen-bond acceptors (Lipinski definition) is 2. The Hall–Kier alpha value is -1.64. The van der Waals surface area contributed by atoms with Gasteiger partial charge in [0.15, 0.2) is 0 Å². The van der Waals surface area contributed by atoms with E-state index in [0.717, 1.165) is 6.42 Å². The molecule has 0 bridgehead atoms. The molecule has 0 saturated carbocycles. The topological polar surface area (TPSA) is 46.2 Å². The second-order valence-corrected chi connectivity index (χ2v) is 3.91. The van der Waals surface area contributed by atoms with E-state index in [2.05, 4.69) is 5.32 Å². The van der Waals surface area contributed by atoms with Crippen molar-refractivity contribution in [2.24, 2.45) is 0 Å². The van der Waals surface area contributed by atoms with Gasteiger partial charge in [0.25, 0.3) is 0 Å². The molecule has 0 heterocycles. The number of ketones is 1. The molecule has 1 aromatic rings. The van der Waals surface area contributed by atoms with E-state index in [1.807, 2.05) is 31.2 Å². The molecule has 1 aromatic carbocycles. The molecule has 0 aromatic heterocycles. The van der Waals surface area contributed by atoms with Crippen molar-refractivity contribution in [2.75, 3.05) is 6.54 Å². The van der Waals surface area contributed by atoms with E-state index < -0.39 is 0 Å². The lowest BCUT2D eigenvalue weighted by atomic mass is 10.0. The molecule has 1 rings (SSSR count). The summed E-state index contributed by atoms with van der Waals surface area (Å²) in [6.45, 7) is 3.62. The van der Waals surface area contributed by atoms with E-state index in [1.54, 1.807) is 0 Å². The Kier molecular flexibility index (Phi) is 4.70. The molecule has 0 aliphatic heterocycles. The van der Waals surface area contributed by atoms with Crippen molar-refractivity contribution in [2.45, 2.75) is 26.7 Å². The molecule has 0 radical (unpaired) electrons. The molecular formula is C13H17NO2. The molecule has 0 spiro atoms. The summed E-state index contributed by atoms with van der Waals surface area (Å²) in [5.41, 5.74) is 2.38. The van der Waals surface area contributed by atoms with Crippen molar-refractivity contribution >= 4 is 11.7 Å². The van der Waals surface area contributed by atoms with Crippen molar-refractivity contribution in [3.8, 4) is 0 Å². The standard InChI is InChI=1S/C13H17NO2/c1-10-5-3-4-6-12(10)7-8-13(16)14-9-11(2)15/h3-6H,7-9H2,1-2H3,(H,14,16). The molecule has 3 heteroatoms. The van der Waals surface area contributed by atoms with Gasteiger partial charge in [-0.3, -0.25) is 9.59 Å². The van der Waals surface area contributed by atoms with Gasteiger partial charge >= 0.3 is 0 Å². The Morgan fingerprint density at radius 2 is 1.94 bits per heavy atom. The van der Waals surface area contributed by atoms with Crippen LogP contribution in [-0.4, -0.2) is 18.2 Å². The minimum atomic E-state index is -0.0709. The van der Waals surface area contributed by atoms with Crippen LogP contribution >= 0.6 is 0 Å². The molecule has 86 valence electrons. The summed E-state index contributed by atoms with van der Waals surface area (Å²) in [4.78, 5) is 22.0. The zero-order valence-corrected chi connectivity index (χ0v) is 9.75. The van der Waals surface area contributed by atoms with Crippen LogP contribution in [0.15, 0.2) is 24.3 Å². The Morgan fingerprint density at radius 1 is 1.25 bits per heavy atom. The first-order valence-corrected chi connectivity index (χ1v) is 5.40. The van der Waals surface area contributed by atoms with Gasteiger partial charge in [-0.1, -0.05) is 24.3 Å². The van der Waals surface area contributed by atoms with Crippen molar-refractivity contribution in [1.29, 1.82) is 0 Å². The first-order valence-electron chi connectivity index (χ1n) is 5.40. The van der Waals surface area contributed by atoms with Gasteiger partial charge in [-0.05, 0) is 31.4 Å². The van der Waals surface area contributed by atoms with E-state index in [9.17, 15) is 9.59 Å². The van der Waals surface area contributed by atoms with E-state index in [-0.39, 0.29) is 18.2 Å². The number of Topliss-reactive ketones (excluding diaryl/α,β-unsaturated/α-hetero) is 1. The summed E-state index contributed by atoms with van der Waals surface area (Å²) < 4.78 is 0. The van der Waals surface area contributed by atoms with Crippen LogP contribution in [0.4, 0.5) is 0 Å². The van der Waals surface area contributed by atoms with Crippen LogP contribution in [0.3, 0.4) is 0 Å².